The first-order chi connectivity index (χ1) is 6.77. The molecule has 0 spiro atoms. The molecule has 1 N–H and O–H groups in total. The second-order valence-electron chi connectivity index (χ2n) is 3.59. The van der Waals surface area contributed by atoms with Crippen molar-refractivity contribution in [1.82, 2.24) is 5.32 Å². The maximum atomic E-state index is 5.43. The summed E-state index contributed by atoms with van der Waals surface area (Å²) in [6.45, 7) is 4.66. The smallest absolute Gasteiger partial charge is 0.0662 e. The van der Waals surface area contributed by atoms with E-state index >= 15 is 0 Å². The number of aryl methyl sites for hydroxylation is 1. The highest BCUT2D eigenvalue weighted by Gasteiger charge is 2.15. The van der Waals surface area contributed by atoms with Gasteiger partial charge in [-0.3, -0.25) is 0 Å². The Hall–Kier alpha value is -0.380. The lowest BCUT2D eigenvalue weighted by atomic mass is 10.0. The second-order valence-corrected chi connectivity index (χ2v) is 4.44. The Morgan fingerprint density at radius 3 is 3.00 bits per heavy atom. The first kappa shape index (κ1) is 10.1. The van der Waals surface area contributed by atoms with E-state index in [0.717, 1.165) is 24.2 Å². The van der Waals surface area contributed by atoms with Crippen molar-refractivity contribution in [1.29, 1.82) is 0 Å². The monoisotopic (exact) mass is 255 g/mol. The molecule has 2 rings (SSSR count). The molecule has 1 aromatic carbocycles. The third-order valence-corrected chi connectivity index (χ3v) is 3.40. The molecule has 0 radical (unpaired) electrons. The molecule has 1 aliphatic rings. The maximum absolute atomic E-state index is 5.43. The van der Waals surface area contributed by atoms with Crippen LogP contribution in [0.5, 0.6) is 0 Å². The van der Waals surface area contributed by atoms with E-state index in [9.17, 15) is 0 Å². The minimum absolute atomic E-state index is 0.357. The van der Waals surface area contributed by atoms with Crippen LogP contribution in [0.25, 0.3) is 0 Å². The van der Waals surface area contributed by atoms with Crippen LogP contribution in [0.4, 0.5) is 0 Å². The standard InChI is InChI=1S/C11H14BrNO/c1-8-6-9(2-3-10(8)12)11-7-14-5-4-13-11/h2-3,6,11,13H,4-5,7H2,1H3. The SMILES string of the molecule is Cc1cc(C2COCCN2)ccc1Br. The van der Waals surface area contributed by atoms with Gasteiger partial charge in [-0.15, -0.1) is 0 Å². The second kappa shape index (κ2) is 4.43. The van der Waals surface area contributed by atoms with Crippen molar-refractivity contribution < 1.29 is 4.74 Å². The molecule has 76 valence electrons. The van der Waals surface area contributed by atoms with Crippen LogP contribution in [-0.4, -0.2) is 19.8 Å². The predicted molar refractivity (Wildman–Crippen MR) is 60.4 cm³/mol. The highest BCUT2D eigenvalue weighted by atomic mass is 79.9. The van der Waals surface area contributed by atoms with Gasteiger partial charge in [-0.2, -0.15) is 0 Å². The van der Waals surface area contributed by atoms with Crippen molar-refractivity contribution in [3.05, 3.63) is 33.8 Å². The summed E-state index contributed by atoms with van der Waals surface area (Å²) in [6.07, 6.45) is 0. The van der Waals surface area contributed by atoms with Crippen molar-refractivity contribution in [2.45, 2.75) is 13.0 Å². The molecule has 1 unspecified atom stereocenters. The third kappa shape index (κ3) is 2.16. The van der Waals surface area contributed by atoms with Crippen LogP contribution in [-0.2, 0) is 4.74 Å². The topological polar surface area (TPSA) is 21.3 Å². The van der Waals surface area contributed by atoms with E-state index < -0.39 is 0 Å². The van der Waals surface area contributed by atoms with Crippen LogP contribution in [0.2, 0.25) is 0 Å². The molecule has 1 heterocycles. The van der Waals surface area contributed by atoms with Crippen molar-refractivity contribution in [3.63, 3.8) is 0 Å². The molecule has 1 aliphatic heterocycles. The van der Waals surface area contributed by atoms with Crippen LogP contribution in [0, 0.1) is 6.92 Å². The van der Waals surface area contributed by atoms with Gasteiger partial charge in [-0.25, -0.2) is 0 Å². The van der Waals surface area contributed by atoms with Gasteiger partial charge >= 0.3 is 0 Å². The zero-order valence-electron chi connectivity index (χ0n) is 8.22. The quantitative estimate of drug-likeness (QED) is 0.833. The Bertz CT molecular complexity index is 321. The molecule has 2 nitrogen and oxygen atoms in total. The van der Waals surface area contributed by atoms with Gasteiger partial charge in [0.05, 0.1) is 19.3 Å². The normalized spacial score (nSPS) is 22.3. The van der Waals surface area contributed by atoms with Gasteiger partial charge < -0.3 is 10.1 Å². The van der Waals surface area contributed by atoms with Crippen LogP contribution in [0.15, 0.2) is 22.7 Å². The molecule has 1 fully saturated rings. The molecule has 0 saturated carbocycles. The summed E-state index contributed by atoms with van der Waals surface area (Å²) < 4.78 is 6.60. The van der Waals surface area contributed by atoms with Gasteiger partial charge in [0.2, 0.25) is 0 Å². The Balaban J connectivity index is 2.18. The number of hydrogen-bond donors (Lipinski definition) is 1. The van der Waals surface area contributed by atoms with Crippen LogP contribution >= 0.6 is 15.9 Å². The van der Waals surface area contributed by atoms with E-state index in [1.54, 1.807) is 0 Å². The van der Waals surface area contributed by atoms with Gasteiger partial charge in [-0.05, 0) is 24.1 Å². The maximum Gasteiger partial charge on any atom is 0.0662 e. The molecule has 1 atom stereocenters. The molecule has 0 bridgehead atoms. The molecule has 14 heavy (non-hydrogen) atoms. The van der Waals surface area contributed by atoms with E-state index in [1.165, 1.54) is 11.1 Å². The largest absolute Gasteiger partial charge is 0.378 e. The lowest BCUT2D eigenvalue weighted by Crippen LogP contribution is -2.34. The van der Waals surface area contributed by atoms with Crippen LogP contribution < -0.4 is 5.32 Å². The Morgan fingerprint density at radius 2 is 2.36 bits per heavy atom. The van der Waals surface area contributed by atoms with E-state index in [4.69, 9.17) is 4.74 Å². The summed E-state index contributed by atoms with van der Waals surface area (Å²) in [6, 6.07) is 6.80. The highest BCUT2D eigenvalue weighted by Crippen LogP contribution is 2.22. The number of nitrogens with one attached hydrogen (secondary N) is 1. The third-order valence-electron chi connectivity index (χ3n) is 2.51. The van der Waals surface area contributed by atoms with Crippen molar-refractivity contribution in [2.75, 3.05) is 19.8 Å². The van der Waals surface area contributed by atoms with Gasteiger partial charge in [0.1, 0.15) is 0 Å². The summed E-state index contributed by atoms with van der Waals surface area (Å²) in [7, 11) is 0. The molecule has 0 aromatic heterocycles. The summed E-state index contributed by atoms with van der Waals surface area (Å²) >= 11 is 3.50. The molecule has 1 saturated heterocycles. The van der Waals surface area contributed by atoms with Gasteiger partial charge in [-0.1, -0.05) is 28.1 Å². The first-order valence-corrected chi connectivity index (χ1v) is 5.64. The molecular weight excluding hydrogens is 242 g/mol. The van der Waals surface area contributed by atoms with E-state index in [0.29, 0.717) is 6.04 Å². The molecule has 0 amide bonds. The lowest BCUT2D eigenvalue weighted by Gasteiger charge is -2.24. The fourth-order valence-electron chi connectivity index (χ4n) is 1.66. The molecular formula is C11H14BrNO. The number of benzene rings is 1. The number of halogens is 1. The Morgan fingerprint density at radius 1 is 1.50 bits per heavy atom. The summed E-state index contributed by atoms with van der Waals surface area (Å²) in [5.41, 5.74) is 2.58. The van der Waals surface area contributed by atoms with Gasteiger partial charge in [0, 0.05) is 11.0 Å². The predicted octanol–water partition coefficient (Wildman–Crippen LogP) is 2.42. The highest BCUT2D eigenvalue weighted by molar-refractivity contribution is 9.10. The van der Waals surface area contributed by atoms with Crippen molar-refractivity contribution in [3.8, 4) is 0 Å². The van der Waals surface area contributed by atoms with Crippen molar-refractivity contribution >= 4 is 15.9 Å². The number of rotatable bonds is 1. The average molecular weight is 256 g/mol. The van der Waals surface area contributed by atoms with Gasteiger partial charge in [0.15, 0.2) is 0 Å². The number of ether oxygens (including phenoxy) is 1. The summed E-state index contributed by atoms with van der Waals surface area (Å²) in [5.74, 6) is 0. The first-order valence-electron chi connectivity index (χ1n) is 4.84. The zero-order valence-corrected chi connectivity index (χ0v) is 9.80. The molecule has 3 heteroatoms. The number of morpholine rings is 1. The Labute approximate surface area is 92.8 Å². The summed E-state index contributed by atoms with van der Waals surface area (Å²) in [5, 5.41) is 3.44. The average Bonchev–Trinajstić information content (AvgIpc) is 2.23. The van der Waals surface area contributed by atoms with Crippen molar-refractivity contribution in [2.24, 2.45) is 0 Å². The van der Waals surface area contributed by atoms with Gasteiger partial charge in [0.25, 0.3) is 0 Å². The minimum atomic E-state index is 0.357. The van der Waals surface area contributed by atoms with E-state index in [2.05, 4.69) is 46.4 Å². The number of hydrogen-bond acceptors (Lipinski definition) is 2. The summed E-state index contributed by atoms with van der Waals surface area (Å²) in [4.78, 5) is 0. The lowest BCUT2D eigenvalue weighted by molar-refractivity contribution is 0.0768. The minimum Gasteiger partial charge on any atom is -0.378 e. The van der Waals surface area contributed by atoms with E-state index in [-0.39, 0.29) is 0 Å². The zero-order chi connectivity index (χ0) is 9.97. The molecule has 1 aromatic rings. The fourth-order valence-corrected chi connectivity index (χ4v) is 1.91. The van der Waals surface area contributed by atoms with E-state index in [1.807, 2.05) is 0 Å². The molecule has 0 aliphatic carbocycles. The van der Waals surface area contributed by atoms with Crippen LogP contribution in [0.3, 0.4) is 0 Å². The van der Waals surface area contributed by atoms with Crippen LogP contribution in [0.1, 0.15) is 17.2 Å². The fraction of sp³-hybridized carbons (Fsp3) is 0.455. The Kier molecular flexibility index (Phi) is 3.21.